The zero-order valence-corrected chi connectivity index (χ0v) is 12.6. The van der Waals surface area contributed by atoms with Gasteiger partial charge in [-0.2, -0.15) is 0 Å². The molecule has 0 aliphatic carbocycles. The third kappa shape index (κ3) is 2.78. The van der Waals surface area contributed by atoms with Crippen LogP contribution in [-0.2, 0) is 13.0 Å². The molecular weight excluding hydrogens is 264 g/mol. The van der Waals surface area contributed by atoms with E-state index in [9.17, 15) is 0 Å². The van der Waals surface area contributed by atoms with Crippen molar-refractivity contribution in [3.05, 3.63) is 53.6 Å². The van der Waals surface area contributed by atoms with Crippen LogP contribution in [0.2, 0.25) is 0 Å². The van der Waals surface area contributed by atoms with E-state index in [1.807, 2.05) is 0 Å². The van der Waals surface area contributed by atoms with Gasteiger partial charge < -0.3 is 10.6 Å². The SMILES string of the molecule is CSc1ccccc1NCc1cccc2c1NCCC2. The maximum absolute atomic E-state index is 3.57. The van der Waals surface area contributed by atoms with Crippen LogP contribution < -0.4 is 10.6 Å². The minimum absolute atomic E-state index is 0.869. The first-order chi connectivity index (χ1) is 9.88. The Bertz CT molecular complexity index is 595. The van der Waals surface area contributed by atoms with Crippen LogP contribution in [0.5, 0.6) is 0 Å². The van der Waals surface area contributed by atoms with Crippen molar-refractivity contribution in [2.75, 3.05) is 23.4 Å². The first kappa shape index (κ1) is 13.4. The maximum atomic E-state index is 3.57. The molecule has 0 saturated carbocycles. The summed E-state index contributed by atoms with van der Waals surface area (Å²) in [5.41, 5.74) is 5.37. The number of fused-ring (bicyclic) bond motifs is 1. The highest BCUT2D eigenvalue weighted by molar-refractivity contribution is 7.98. The molecule has 0 atom stereocenters. The Morgan fingerprint density at radius 2 is 2.05 bits per heavy atom. The van der Waals surface area contributed by atoms with Crippen LogP contribution in [0.3, 0.4) is 0 Å². The number of rotatable bonds is 4. The number of anilines is 2. The molecule has 20 heavy (non-hydrogen) atoms. The fraction of sp³-hybridized carbons (Fsp3) is 0.294. The molecule has 0 unspecified atom stereocenters. The lowest BCUT2D eigenvalue weighted by atomic mass is 9.99. The van der Waals surface area contributed by atoms with Crippen LogP contribution in [0.4, 0.5) is 11.4 Å². The Kier molecular flexibility index (Phi) is 4.16. The average molecular weight is 284 g/mol. The molecule has 2 nitrogen and oxygen atoms in total. The molecule has 3 rings (SSSR count). The van der Waals surface area contributed by atoms with Gasteiger partial charge in [-0.05, 0) is 42.4 Å². The van der Waals surface area contributed by atoms with Gasteiger partial charge in [-0.3, -0.25) is 0 Å². The zero-order valence-electron chi connectivity index (χ0n) is 11.8. The predicted molar refractivity (Wildman–Crippen MR) is 88.8 cm³/mol. The van der Waals surface area contributed by atoms with Crippen molar-refractivity contribution in [2.45, 2.75) is 24.3 Å². The summed E-state index contributed by atoms with van der Waals surface area (Å²) in [4.78, 5) is 1.30. The summed E-state index contributed by atoms with van der Waals surface area (Å²) < 4.78 is 0. The number of aryl methyl sites for hydroxylation is 1. The summed E-state index contributed by atoms with van der Waals surface area (Å²) >= 11 is 1.78. The van der Waals surface area contributed by atoms with E-state index in [2.05, 4.69) is 59.4 Å². The number of para-hydroxylation sites is 2. The molecule has 1 aliphatic rings. The summed E-state index contributed by atoms with van der Waals surface area (Å²) in [5, 5.41) is 7.12. The molecule has 1 aliphatic heterocycles. The molecule has 2 N–H and O–H groups in total. The summed E-state index contributed by atoms with van der Waals surface area (Å²) in [5.74, 6) is 0. The molecular formula is C17H20N2S. The summed E-state index contributed by atoms with van der Waals surface area (Å²) in [6.07, 6.45) is 4.54. The maximum Gasteiger partial charge on any atom is 0.0480 e. The number of nitrogens with one attached hydrogen (secondary N) is 2. The Balaban J connectivity index is 1.79. The van der Waals surface area contributed by atoms with Gasteiger partial charge in [0.05, 0.1) is 0 Å². The zero-order chi connectivity index (χ0) is 13.8. The van der Waals surface area contributed by atoms with Crippen molar-refractivity contribution >= 4 is 23.1 Å². The van der Waals surface area contributed by atoms with E-state index >= 15 is 0 Å². The Hall–Kier alpha value is -1.61. The van der Waals surface area contributed by atoms with E-state index in [-0.39, 0.29) is 0 Å². The standard InChI is InChI=1S/C17H20N2S/c1-20-16-10-3-2-9-15(16)19-12-14-7-4-6-13-8-5-11-18-17(13)14/h2-4,6-7,9-10,18-19H,5,8,11-12H2,1H3. The fourth-order valence-corrected chi connectivity index (χ4v) is 3.28. The largest absolute Gasteiger partial charge is 0.385 e. The Labute approximate surface area is 125 Å². The van der Waals surface area contributed by atoms with Gasteiger partial charge in [0.2, 0.25) is 0 Å². The van der Waals surface area contributed by atoms with Crippen LogP contribution in [0.15, 0.2) is 47.4 Å². The van der Waals surface area contributed by atoms with Gasteiger partial charge in [-0.15, -0.1) is 11.8 Å². The topological polar surface area (TPSA) is 24.1 Å². The van der Waals surface area contributed by atoms with Gasteiger partial charge in [0.1, 0.15) is 0 Å². The third-order valence-corrected chi connectivity index (χ3v) is 4.53. The molecule has 0 saturated heterocycles. The smallest absolute Gasteiger partial charge is 0.0480 e. The monoisotopic (exact) mass is 284 g/mol. The van der Waals surface area contributed by atoms with Crippen LogP contribution in [-0.4, -0.2) is 12.8 Å². The van der Waals surface area contributed by atoms with Gasteiger partial charge in [-0.25, -0.2) is 0 Å². The molecule has 0 fully saturated rings. The van der Waals surface area contributed by atoms with Crippen molar-refractivity contribution in [3.8, 4) is 0 Å². The van der Waals surface area contributed by atoms with E-state index < -0.39 is 0 Å². The van der Waals surface area contributed by atoms with E-state index in [1.54, 1.807) is 11.8 Å². The highest BCUT2D eigenvalue weighted by Gasteiger charge is 2.12. The molecule has 0 spiro atoms. The second-order valence-corrected chi connectivity index (χ2v) is 5.88. The quantitative estimate of drug-likeness (QED) is 0.815. The second-order valence-electron chi connectivity index (χ2n) is 5.04. The minimum atomic E-state index is 0.869. The van der Waals surface area contributed by atoms with Crippen LogP contribution in [0.25, 0.3) is 0 Å². The Morgan fingerprint density at radius 3 is 2.95 bits per heavy atom. The summed E-state index contributed by atoms with van der Waals surface area (Å²) in [7, 11) is 0. The fourth-order valence-electron chi connectivity index (χ4n) is 2.71. The lowest BCUT2D eigenvalue weighted by molar-refractivity contribution is 0.825. The molecule has 104 valence electrons. The van der Waals surface area contributed by atoms with Gasteiger partial charge in [0, 0.05) is 29.4 Å². The number of hydrogen-bond donors (Lipinski definition) is 2. The Morgan fingerprint density at radius 1 is 1.15 bits per heavy atom. The first-order valence-electron chi connectivity index (χ1n) is 7.10. The molecule has 0 amide bonds. The molecule has 0 aromatic heterocycles. The van der Waals surface area contributed by atoms with Gasteiger partial charge in [0.15, 0.2) is 0 Å². The van der Waals surface area contributed by atoms with E-state index in [1.165, 1.54) is 40.2 Å². The molecule has 2 aromatic rings. The van der Waals surface area contributed by atoms with E-state index in [4.69, 9.17) is 0 Å². The number of hydrogen-bond acceptors (Lipinski definition) is 3. The number of thioether (sulfide) groups is 1. The van der Waals surface area contributed by atoms with E-state index in [0.717, 1.165) is 13.1 Å². The summed E-state index contributed by atoms with van der Waals surface area (Å²) in [6.45, 7) is 1.96. The lowest BCUT2D eigenvalue weighted by Crippen LogP contribution is -2.15. The van der Waals surface area contributed by atoms with Crippen molar-refractivity contribution in [2.24, 2.45) is 0 Å². The molecule has 2 aromatic carbocycles. The highest BCUT2D eigenvalue weighted by Crippen LogP contribution is 2.29. The average Bonchev–Trinajstić information content (AvgIpc) is 2.53. The molecule has 0 radical (unpaired) electrons. The first-order valence-corrected chi connectivity index (χ1v) is 8.32. The van der Waals surface area contributed by atoms with Crippen molar-refractivity contribution in [1.29, 1.82) is 0 Å². The predicted octanol–water partition coefficient (Wildman–Crippen LogP) is 4.38. The van der Waals surface area contributed by atoms with Crippen molar-refractivity contribution in [1.82, 2.24) is 0 Å². The second kappa shape index (κ2) is 6.23. The summed E-state index contributed by atoms with van der Waals surface area (Å²) in [6, 6.07) is 15.1. The highest BCUT2D eigenvalue weighted by atomic mass is 32.2. The number of benzene rings is 2. The van der Waals surface area contributed by atoms with Crippen LogP contribution in [0, 0.1) is 0 Å². The third-order valence-electron chi connectivity index (χ3n) is 3.74. The molecule has 1 heterocycles. The van der Waals surface area contributed by atoms with Gasteiger partial charge in [0.25, 0.3) is 0 Å². The minimum Gasteiger partial charge on any atom is -0.385 e. The van der Waals surface area contributed by atoms with Crippen LogP contribution >= 0.6 is 11.8 Å². The normalized spacial score (nSPS) is 13.4. The molecule has 3 heteroatoms. The van der Waals surface area contributed by atoms with Gasteiger partial charge >= 0.3 is 0 Å². The van der Waals surface area contributed by atoms with E-state index in [0.29, 0.717) is 0 Å². The lowest BCUT2D eigenvalue weighted by Gasteiger charge is -2.22. The van der Waals surface area contributed by atoms with Gasteiger partial charge in [-0.1, -0.05) is 30.3 Å². The molecule has 0 bridgehead atoms. The van der Waals surface area contributed by atoms with Crippen molar-refractivity contribution < 1.29 is 0 Å². The van der Waals surface area contributed by atoms with Crippen LogP contribution in [0.1, 0.15) is 17.5 Å². The van der Waals surface area contributed by atoms with Crippen molar-refractivity contribution in [3.63, 3.8) is 0 Å².